The molecule has 1 aromatic carbocycles. The summed E-state index contributed by atoms with van der Waals surface area (Å²) < 4.78 is 12.9. The molecule has 0 aliphatic rings. The van der Waals surface area contributed by atoms with Gasteiger partial charge in [-0.3, -0.25) is 0 Å². The van der Waals surface area contributed by atoms with Crippen LogP contribution in [0.1, 0.15) is 10.6 Å². The van der Waals surface area contributed by atoms with E-state index in [1.54, 1.807) is 11.3 Å². The van der Waals surface area contributed by atoms with Crippen LogP contribution in [0.25, 0.3) is 0 Å². The van der Waals surface area contributed by atoms with E-state index < -0.39 is 0 Å². The molecule has 0 saturated carbocycles. The van der Waals surface area contributed by atoms with Gasteiger partial charge in [-0.2, -0.15) is 0 Å². The molecule has 2 nitrogen and oxygen atoms in total. The molecule has 18 heavy (non-hydrogen) atoms. The van der Waals surface area contributed by atoms with Crippen LogP contribution < -0.4 is 5.32 Å². The van der Waals surface area contributed by atoms with Gasteiger partial charge in [0, 0.05) is 18.0 Å². The Kier molecular flexibility index (Phi) is 4.84. The number of thiazole rings is 1. The third kappa shape index (κ3) is 3.89. The summed E-state index contributed by atoms with van der Waals surface area (Å²) in [6.45, 7) is 0.941. The maximum absolute atomic E-state index is 12.9. The quantitative estimate of drug-likeness (QED) is 0.867. The standard InChI is InChI=1S/C14H17FN2S/c1-16-10-12(9-14-17-6-7-18-14)8-11-2-4-13(15)5-3-11/h2-7,12,16H,8-10H2,1H3. The largest absolute Gasteiger partial charge is 0.319 e. The number of hydrogen-bond donors (Lipinski definition) is 1. The van der Waals surface area contributed by atoms with Gasteiger partial charge >= 0.3 is 0 Å². The van der Waals surface area contributed by atoms with Crippen molar-refractivity contribution in [2.75, 3.05) is 13.6 Å². The Hall–Kier alpha value is -1.26. The van der Waals surface area contributed by atoms with Crippen molar-refractivity contribution in [3.8, 4) is 0 Å². The van der Waals surface area contributed by atoms with E-state index in [0.717, 1.165) is 24.4 Å². The van der Waals surface area contributed by atoms with Crippen LogP contribution in [0, 0.1) is 11.7 Å². The lowest BCUT2D eigenvalue weighted by atomic mass is 9.96. The van der Waals surface area contributed by atoms with E-state index in [1.807, 2.05) is 30.8 Å². The summed E-state index contributed by atoms with van der Waals surface area (Å²) in [5.41, 5.74) is 1.17. The second-order valence-corrected chi connectivity index (χ2v) is 5.36. The highest BCUT2D eigenvalue weighted by molar-refractivity contribution is 7.09. The Morgan fingerprint density at radius 3 is 2.67 bits per heavy atom. The molecule has 0 bridgehead atoms. The van der Waals surface area contributed by atoms with Crippen LogP contribution in [0.15, 0.2) is 35.8 Å². The molecule has 2 aromatic rings. The Morgan fingerprint density at radius 2 is 2.06 bits per heavy atom. The van der Waals surface area contributed by atoms with Crippen LogP contribution in [-0.2, 0) is 12.8 Å². The number of benzene rings is 1. The topological polar surface area (TPSA) is 24.9 Å². The first-order valence-electron chi connectivity index (χ1n) is 6.05. The number of hydrogen-bond acceptors (Lipinski definition) is 3. The molecule has 0 aliphatic carbocycles. The van der Waals surface area contributed by atoms with Crippen LogP contribution in [0.5, 0.6) is 0 Å². The van der Waals surface area contributed by atoms with Gasteiger partial charge < -0.3 is 5.32 Å². The van der Waals surface area contributed by atoms with E-state index >= 15 is 0 Å². The number of nitrogens with one attached hydrogen (secondary N) is 1. The molecule has 0 radical (unpaired) electrons. The van der Waals surface area contributed by atoms with E-state index in [4.69, 9.17) is 0 Å². The number of rotatable bonds is 6. The molecule has 1 N–H and O–H groups in total. The molecule has 1 atom stereocenters. The van der Waals surface area contributed by atoms with Gasteiger partial charge in [-0.1, -0.05) is 12.1 Å². The molecule has 1 unspecified atom stereocenters. The molecule has 0 aliphatic heterocycles. The minimum Gasteiger partial charge on any atom is -0.319 e. The average molecular weight is 264 g/mol. The normalized spacial score (nSPS) is 12.6. The number of halogens is 1. The van der Waals surface area contributed by atoms with Crippen LogP contribution in [-0.4, -0.2) is 18.6 Å². The van der Waals surface area contributed by atoms with Gasteiger partial charge in [-0.25, -0.2) is 9.37 Å². The fraction of sp³-hybridized carbons (Fsp3) is 0.357. The highest BCUT2D eigenvalue weighted by Crippen LogP contribution is 2.16. The third-order valence-corrected chi connectivity index (χ3v) is 3.68. The maximum Gasteiger partial charge on any atom is 0.123 e. The van der Waals surface area contributed by atoms with Crippen molar-refractivity contribution in [2.45, 2.75) is 12.8 Å². The van der Waals surface area contributed by atoms with Gasteiger partial charge in [0.1, 0.15) is 5.82 Å². The van der Waals surface area contributed by atoms with Crippen LogP contribution in [0.3, 0.4) is 0 Å². The molecule has 1 aromatic heterocycles. The first-order chi connectivity index (χ1) is 8.78. The lowest BCUT2D eigenvalue weighted by Gasteiger charge is -2.15. The van der Waals surface area contributed by atoms with Gasteiger partial charge in [-0.05, 0) is 43.6 Å². The minimum atomic E-state index is -0.177. The summed E-state index contributed by atoms with van der Waals surface area (Å²) in [4.78, 5) is 4.32. The van der Waals surface area contributed by atoms with Gasteiger partial charge in [-0.15, -0.1) is 11.3 Å². The molecular weight excluding hydrogens is 247 g/mol. The van der Waals surface area contributed by atoms with Crippen molar-refractivity contribution in [2.24, 2.45) is 5.92 Å². The van der Waals surface area contributed by atoms with E-state index in [1.165, 1.54) is 17.7 Å². The Labute approximate surface area is 111 Å². The van der Waals surface area contributed by atoms with E-state index in [2.05, 4.69) is 10.3 Å². The molecule has 4 heteroatoms. The predicted octanol–water partition coefficient (Wildman–Crippen LogP) is 2.90. The lowest BCUT2D eigenvalue weighted by Crippen LogP contribution is -2.22. The zero-order chi connectivity index (χ0) is 12.8. The summed E-state index contributed by atoms with van der Waals surface area (Å²) in [6, 6.07) is 6.77. The molecule has 0 spiro atoms. The third-order valence-electron chi connectivity index (χ3n) is 2.88. The SMILES string of the molecule is CNCC(Cc1ccc(F)cc1)Cc1nccs1. The molecule has 0 amide bonds. The highest BCUT2D eigenvalue weighted by atomic mass is 32.1. The van der Waals surface area contributed by atoms with Crippen LogP contribution >= 0.6 is 11.3 Å². The molecule has 2 rings (SSSR count). The Bertz CT molecular complexity index is 453. The second-order valence-electron chi connectivity index (χ2n) is 4.38. The second kappa shape index (κ2) is 6.61. The molecular formula is C14H17FN2S. The summed E-state index contributed by atoms with van der Waals surface area (Å²) in [6.07, 6.45) is 3.75. The highest BCUT2D eigenvalue weighted by Gasteiger charge is 2.11. The van der Waals surface area contributed by atoms with Crippen molar-refractivity contribution in [1.82, 2.24) is 10.3 Å². The van der Waals surface area contributed by atoms with Crippen molar-refractivity contribution >= 4 is 11.3 Å². The van der Waals surface area contributed by atoms with Crippen molar-refractivity contribution in [3.05, 3.63) is 52.2 Å². The summed E-state index contributed by atoms with van der Waals surface area (Å²) >= 11 is 1.69. The van der Waals surface area contributed by atoms with E-state index in [9.17, 15) is 4.39 Å². The summed E-state index contributed by atoms with van der Waals surface area (Å²) in [5, 5.41) is 6.38. The van der Waals surface area contributed by atoms with Crippen molar-refractivity contribution < 1.29 is 4.39 Å². The number of aromatic nitrogens is 1. The summed E-state index contributed by atoms with van der Waals surface area (Å²) in [5.74, 6) is 0.315. The first-order valence-corrected chi connectivity index (χ1v) is 6.93. The maximum atomic E-state index is 12.9. The van der Waals surface area contributed by atoms with Gasteiger partial charge in [0.15, 0.2) is 0 Å². The average Bonchev–Trinajstić information content (AvgIpc) is 2.85. The fourth-order valence-electron chi connectivity index (χ4n) is 2.06. The smallest absolute Gasteiger partial charge is 0.123 e. The Balaban J connectivity index is 1.99. The summed E-state index contributed by atoms with van der Waals surface area (Å²) in [7, 11) is 1.96. The monoisotopic (exact) mass is 264 g/mol. The van der Waals surface area contributed by atoms with Crippen molar-refractivity contribution in [1.29, 1.82) is 0 Å². The van der Waals surface area contributed by atoms with Gasteiger partial charge in [0.05, 0.1) is 5.01 Å². The fourth-order valence-corrected chi connectivity index (χ4v) is 2.79. The Morgan fingerprint density at radius 1 is 1.28 bits per heavy atom. The number of nitrogens with zero attached hydrogens (tertiary/aromatic N) is 1. The first kappa shape index (κ1) is 13.2. The molecule has 0 fully saturated rings. The predicted molar refractivity (Wildman–Crippen MR) is 73.3 cm³/mol. The lowest BCUT2D eigenvalue weighted by molar-refractivity contribution is 0.492. The zero-order valence-corrected chi connectivity index (χ0v) is 11.2. The van der Waals surface area contributed by atoms with Crippen LogP contribution in [0.4, 0.5) is 4.39 Å². The zero-order valence-electron chi connectivity index (χ0n) is 10.4. The molecule has 1 heterocycles. The minimum absolute atomic E-state index is 0.177. The van der Waals surface area contributed by atoms with Crippen molar-refractivity contribution in [3.63, 3.8) is 0 Å². The van der Waals surface area contributed by atoms with Crippen LogP contribution in [0.2, 0.25) is 0 Å². The van der Waals surface area contributed by atoms with E-state index in [-0.39, 0.29) is 5.82 Å². The molecule has 96 valence electrons. The molecule has 0 saturated heterocycles. The van der Waals surface area contributed by atoms with E-state index in [0.29, 0.717) is 5.92 Å². The van der Waals surface area contributed by atoms with Gasteiger partial charge in [0.2, 0.25) is 0 Å². The van der Waals surface area contributed by atoms with Gasteiger partial charge in [0.25, 0.3) is 0 Å².